The van der Waals surface area contributed by atoms with Gasteiger partial charge in [-0.1, -0.05) is 30.4 Å². The number of hydrogen-bond donors (Lipinski definition) is 1. The monoisotopic (exact) mass is 266 g/mol. The van der Waals surface area contributed by atoms with Crippen molar-refractivity contribution in [3.63, 3.8) is 0 Å². The Labute approximate surface area is 113 Å². The third-order valence-corrected chi connectivity index (χ3v) is 4.47. The molecule has 0 spiro atoms. The molecule has 1 aliphatic rings. The van der Waals surface area contributed by atoms with E-state index in [1.54, 1.807) is 0 Å². The normalized spacial score (nSPS) is 18.4. The molecular weight excluding hydrogens is 248 g/mol. The van der Waals surface area contributed by atoms with Crippen LogP contribution in [0.5, 0.6) is 0 Å². The molecule has 0 bridgehead atoms. The molecule has 0 amide bonds. The molecule has 1 unspecified atom stereocenters. The summed E-state index contributed by atoms with van der Waals surface area (Å²) in [7, 11) is 2.14. The fraction of sp³-hybridized carbons (Fsp3) is 0.462. The van der Waals surface area contributed by atoms with E-state index in [4.69, 9.17) is 18.0 Å². The van der Waals surface area contributed by atoms with Gasteiger partial charge in [-0.05, 0) is 25.1 Å². The van der Waals surface area contributed by atoms with Crippen LogP contribution in [0.3, 0.4) is 0 Å². The van der Waals surface area contributed by atoms with Crippen molar-refractivity contribution in [2.75, 3.05) is 20.1 Å². The molecule has 1 aliphatic heterocycles. The maximum absolute atomic E-state index is 5.52. The quantitative estimate of drug-likeness (QED) is 0.828. The first-order valence-electron chi connectivity index (χ1n) is 5.86. The van der Waals surface area contributed by atoms with Gasteiger partial charge in [0.05, 0.1) is 4.99 Å². The topological polar surface area (TPSA) is 29.3 Å². The molecule has 0 radical (unpaired) electrons. The van der Waals surface area contributed by atoms with Crippen LogP contribution >= 0.6 is 24.0 Å². The SMILES string of the molecule is CN(CCC(N)=S)CC1Cc2ccccc2S1. The fourth-order valence-corrected chi connectivity index (χ4v) is 3.60. The molecule has 0 aliphatic carbocycles. The maximum atomic E-state index is 5.52. The van der Waals surface area contributed by atoms with Crippen LogP contribution in [0.25, 0.3) is 0 Å². The average molecular weight is 266 g/mol. The fourth-order valence-electron chi connectivity index (χ4n) is 2.10. The summed E-state index contributed by atoms with van der Waals surface area (Å²) in [6, 6.07) is 8.69. The zero-order valence-corrected chi connectivity index (χ0v) is 11.7. The highest BCUT2D eigenvalue weighted by atomic mass is 32.2. The molecule has 0 saturated heterocycles. The van der Waals surface area contributed by atoms with E-state index in [2.05, 4.69) is 36.2 Å². The molecule has 1 aromatic rings. The van der Waals surface area contributed by atoms with Crippen LogP contribution in [0.1, 0.15) is 12.0 Å². The van der Waals surface area contributed by atoms with E-state index in [-0.39, 0.29) is 0 Å². The Balaban J connectivity index is 1.81. The Morgan fingerprint density at radius 2 is 2.29 bits per heavy atom. The van der Waals surface area contributed by atoms with Crippen LogP contribution in [0.15, 0.2) is 29.2 Å². The van der Waals surface area contributed by atoms with E-state index in [0.29, 0.717) is 10.2 Å². The summed E-state index contributed by atoms with van der Waals surface area (Å²) in [5.41, 5.74) is 7.01. The molecule has 4 heteroatoms. The van der Waals surface area contributed by atoms with Crippen molar-refractivity contribution in [2.45, 2.75) is 23.0 Å². The Hall–Kier alpha value is -0.580. The van der Waals surface area contributed by atoms with Crippen molar-refractivity contribution in [1.29, 1.82) is 0 Å². The number of nitrogens with zero attached hydrogens (tertiary/aromatic N) is 1. The lowest BCUT2D eigenvalue weighted by Crippen LogP contribution is -2.30. The van der Waals surface area contributed by atoms with Gasteiger partial charge >= 0.3 is 0 Å². The zero-order chi connectivity index (χ0) is 12.3. The van der Waals surface area contributed by atoms with E-state index in [1.807, 2.05) is 11.8 Å². The molecule has 1 atom stereocenters. The van der Waals surface area contributed by atoms with Gasteiger partial charge in [-0.25, -0.2) is 0 Å². The standard InChI is InChI=1S/C13H18N2S2/c1-15(7-6-13(14)16)9-11-8-10-4-2-3-5-12(10)17-11/h2-5,11H,6-9H2,1H3,(H2,14,16). The first kappa shape index (κ1) is 12.9. The van der Waals surface area contributed by atoms with E-state index in [9.17, 15) is 0 Å². The van der Waals surface area contributed by atoms with E-state index >= 15 is 0 Å². The summed E-state index contributed by atoms with van der Waals surface area (Å²) < 4.78 is 0. The minimum atomic E-state index is 0.610. The number of thioether (sulfide) groups is 1. The van der Waals surface area contributed by atoms with Gasteiger partial charge in [-0.2, -0.15) is 0 Å². The Morgan fingerprint density at radius 1 is 1.53 bits per heavy atom. The van der Waals surface area contributed by atoms with Gasteiger partial charge in [0.2, 0.25) is 0 Å². The van der Waals surface area contributed by atoms with Gasteiger partial charge in [0.15, 0.2) is 0 Å². The molecule has 2 N–H and O–H groups in total. The Morgan fingerprint density at radius 3 is 3.00 bits per heavy atom. The summed E-state index contributed by atoms with van der Waals surface area (Å²) in [5, 5.41) is 0.670. The van der Waals surface area contributed by atoms with Crippen molar-refractivity contribution in [1.82, 2.24) is 4.90 Å². The second-order valence-corrected chi connectivity index (χ2v) is 6.40. The average Bonchev–Trinajstić information content (AvgIpc) is 2.68. The molecule has 17 heavy (non-hydrogen) atoms. The number of rotatable bonds is 5. The molecule has 1 heterocycles. The van der Waals surface area contributed by atoms with Crippen molar-refractivity contribution >= 4 is 29.0 Å². The molecule has 0 fully saturated rings. The van der Waals surface area contributed by atoms with Crippen molar-refractivity contribution in [3.05, 3.63) is 29.8 Å². The summed E-state index contributed by atoms with van der Waals surface area (Å²) in [6.07, 6.45) is 1.99. The number of hydrogen-bond acceptors (Lipinski definition) is 3. The molecular formula is C13H18N2S2. The van der Waals surface area contributed by atoms with Crippen LogP contribution in [-0.4, -0.2) is 35.3 Å². The van der Waals surface area contributed by atoms with Gasteiger partial charge in [-0.15, -0.1) is 11.8 Å². The summed E-state index contributed by atoms with van der Waals surface area (Å²) >= 11 is 6.89. The number of fused-ring (bicyclic) bond motifs is 1. The highest BCUT2D eigenvalue weighted by Crippen LogP contribution is 2.36. The highest BCUT2D eigenvalue weighted by Gasteiger charge is 2.22. The maximum Gasteiger partial charge on any atom is 0.0740 e. The lowest BCUT2D eigenvalue weighted by atomic mass is 10.1. The van der Waals surface area contributed by atoms with Gasteiger partial charge in [0, 0.05) is 29.7 Å². The second kappa shape index (κ2) is 5.85. The van der Waals surface area contributed by atoms with Crippen LogP contribution in [0, 0.1) is 0 Å². The zero-order valence-electron chi connectivity index (χ0n) is 10.1. The van der Waals surface area contributed by atoms with E-state index < -0.39 is 0 Å². The van der Waals surface area contributed by atoms with Crippen LogP contribution in [0.4, 0.5) is 0 Å². The van der Waals surface area contributed by atoms with E-state index in [0.717, 1.165) is 19.5 Å². The van der Waals surface area contributed by atoms with Crippen molar-refractivity contribution in [2.24, 2.45) is 5.73 Å². The molecule has 0 saturated carbocycles. The van der Waals surface area contributed by atoms with Crippen LogP contribution in [-0.2, 0) is 6.42 Å². The van der Waals surface area contributed by atoms with Crippen molar-refractivity contribution in [3.8, 4) is 0 Å². The van der Waals surface area contributed by atoms with Crippen LogP contribution < -0.4 is 5.73 Å². The highest BCUT2D eigenvalue weighted by molar-refractivity contribution is 8.00. The van der Waals surface area contributed by atoms with Gasteiger partial charge < -0.3 is 10.6 Å². The summed E-state index contributed by atoms with van der Waals surface area (Å²) in [6.45, 7) is 2.06. The predicted octanol–water partition coefficient (Wildman–Crippen LogP) is 2.31. The predicted molar refractivity (Wildman–Crippen MR) is 78.7 cm³/mol. The van der Waals surface area contributed by atoms with Gasteiger partial charge in [-0.3, -0.25) is 0 Å². The van der Waals surface area contributed by atoms with Gasteiger partial charge in [0.25, 0.3) is 0 Å². The Kier molecular flexibility index (Phi) is 4.42. The number of nitrogens with two attached hydrogens (primary N) is 1. The third-order valence-electron chi connectivity index (χ3n) is 2.97. The van der Waals surface area contributed by atoms with E-state index in [1.165, 1.54) is 16.9 Å². The second-order valence-electron chi connectivity index (χ2n) is 4.53. The molecule has 2 nitrogen and oxygen atoms in total. The molecule has 0 aromatic heterocycles. The smallest absolute Gasteiger partial charge is 0.0740 e. The molecule has 92 valence electrons. The summed E-state index contributed by atoms with van der Waals surface area (Å²) in [4.78, 5) is 4.38. The molecule has 2 rings (SSSR count). The first-order chi connectivity index (χ1) is 8.15. The molecule has 1 aromatic carbocycles. The van der Waals surface area contributed by atoms with Crippen molar-refractivity contribution < 1.29 is 0 Å². The third kappa shape index (κ3) is 3.69. The van der Waals surface area contributed by atoms with Crippen LogP contribution in [0.2, 0.25) is 0 Å². The lowest BCUT2D eigenvalue weighted by molar-refractivity contribution is 0.345. The minimum Gasteiger partial charge on any atom is -0.393 e. The Bertz CT molecular complexity index is 381. The summed E-state index contributed by atoms with van der Waals surface area (Å²) in [5.74, 6) is 0. The number of benzene rings is 1. The lowest BCUT2D eigenvalue weighted by Gasteiger charge is -2.19. The minimum absolute atomic E-state index is 0.610. The largest absolute Gasteiger partial charge is 0.393 e. The number of thiocarbonyl (C=S) groups is 1. The van der Waals surface area contributed by atoms with Gasteiger partial charge in [0.1, 0.15) is 0 Å². The first-order valence-corrected chi connectivity index (χ1v) is 7.15.